The Morgan fingerprint density at radius 2 is 1.43 bits per heavy atom. The molecule has 0 radical (unpaired) electrons. The van der Waals surface area contributed by atoms with Gasteiger partial charge in [0.25, 0.3) is 5.82 Å². The smallest absolute Gasteiger partial charge is 0.303 e. The van der Waals surface area contributed by atoms with Crippen LogP contribution in [0.15, 0.2) is 6.20 Å². The summed E-state index contributed by atoms with van der Waals surface area (Å²) in [5.41, 5.74) is 1.41. The van der Waals surface area contributed by atoms with Gasteiger partial charge in [0.05, 0.1) is 7.05 Å². The molecule has 0 aliphatic heterocycles. The number of carboxylic acids is 1. The minimum absolute atomic E-state index is 0.334. The lowest BCUT2D eigenvalue weighted by atomic mass is 10.0. The number of hydrogen-bond acceptors (Lipinski definition) is 1. The number of H-pyrrole nitrogens is 1. The Hall–Kier alpha value is -1.32. The quantitative estimate of drug-likeness (QED) is 0.392. The molecule has 0 bridgehead atoms. The number of carbonyl (C=O) groups is 1. The van der Waals surface area contributed by atoms with Crippen LogP contribution in [0.5, 0.6) is 0 Å². The third-order valence-electron chi connectivity index (χ3n) is 4.71. The Kier molecular flexibility index (Phi) is 10.4. The highest BCUT2D eigenvalue weighted by molar-refractivity contribution is 5.66. The fourth-order valence-corrected chi connectivity index (χ4v) is 3.01. The average Bonchev–Trinajstić information content (AvgIpc) is 2.83. The molecule has 4 nitrogen and oxygen atoms in total. The molecule has 0 saturated carbocycles. The summed E-state index contributed by atoms with van der Waals surface area (Å²) in [5, 5.41) is 8.55. The van der Waals surface area contributed by atoms with Crippen LogP contribution in [0, 0.1) is 6.92 Å². The summed E-state index contributed by atoms with van der Waals surface area (Å²) in [6.07, 6.45) is 17.3. The highest BCUT2D eigenvalue weighted by atomic mass is 16.4. The normalized spacial score (nSPS) is 11.0. The molecule has 2 N–H and O–H groups in total. The number of nitrogens with zero attached hydrogens (tertiary/aromatic N) is 1. The third-order valence-corrected chi connectivity index (χ3v) is 4.71. The van der Waals surface area contributed by atoms with E-state index in [1.807, 2.05) is 0 Å². The summed E-state index contributed by atoms with van der Waals surface area (Å²) in [6.45, 7) is 2.11. The van der Waals surface area contributed by atoms with Gasteiger partial charge in [0, 0.05) is 19.8 Å². The van der Waals surface area contributed by atoms with E-state index in [9.17, 15) is 4.79 Å². The maximum absolute atomic E-state index is 10.4. The lowest BCUT2D eigenvalue weighted by molar-refractivity contribution is -0.683. The Labute approximate surface area is 141 Å². The molecular formula is C19H35N2O2+. The molecule has 0 spiro atoms. The number of nitrogens with one attached hydrogen (secondary N) is 1. The molecule has 0 saturated heterocycles. The SMILES string of the molecule is Cc1[nH]cc(CCCCCCCCCCCCCC(=O)O)[n+]1C. The van der Waals surface area contributed by atoms with Crippen molar-refractivity contribution in [3.8, 4) is 0 Å². The highest BCUT2D eigenvalue weighted by Gasteiger charge is 2.08. The first-order chi connectivity index (χ1) is 11.1. The molecule has 1 aromatic rings. The highest BCUT2D eigenvalue weighted by Crippen LogP contribution is 2.12. The molecule has 0 aliphatic carbocycles. The maximum Gasteiger partial charge on any atom is 0.303 e. The lowest BCUT2D eigenvalue weighted by Crippen LogP contribution is -2.33. The zero-order chi connectivity index (χ0) is 16.9. The van der Waals surface area contributed by atoms with Crippen molar-refractivity contribution in [1.82, 2.24) is 4.98 Å². The molecule has 1 aromatic heterocycles. The molecule has 0 amide bonds. The first kappa shape index (κ1) is 19.7. The van der Waals surface area contributed by atoms with Gasteiger partial charge < -0.3 is 5.11 Å². The van der Waals surface area contributed by atoms with E-state index in [4.69, 9.17) is 5.11 Å². The number of aryl methyl sites for hydroxylation is 2. The predicted molar refractivity (Wildman–Crippen MR) is 93.4 cm³/mol. The molecular weight excluding hydrogens is 288 g/mol. The molecule has 1 rings (SSSR count). The van der Waals surface area contributed by atoms with Crippen LogP contribution in [0.3, 0.4) is 0 Å². The Balaban J connectivity index is 1.81. The van der Waals surface area contributed by atoms with E-state index in [-0.39, 0.29) is 0 Å². The second-order valence-corrected chi connectivity index (χ2v) is 6.71. The van der Waals surface area contributed by atoms with Crippen molar-refractivity contribution >= 4 is 5.97 Å². The van der Waals surface area contributed by atoms with Crippen LogP contribution in [-0.2, 0) is 18.3 Å². The lowest BCUT2D eigenvalue weighted by Gasteiger charge is -2.02. The van der Waals surface area contributed by atoms with Crippen LogP contribution in [0.4, 0.5) is 0 Å². The minimum Gasteiger partial charge on any atom is -0.481 e. The van der Waals surface area contributed by atoms with Crippen molar-refractivity contribution in [2.45, 2.75) is 90.4 Å². The largest absolute Gasteiger partial charge is 0.481 e. The van der Waals surface area contributed by atoms with E-state index in [1.54, 1.807) is 0 Å². The second kappa shape index (κ2) is 12.1. The zero-order valence-corrected chi connectivity index (χ0v) is 15.1. The fraction of sp³-hybridized carbons (Fsp3) is 0.789. The monoisotopic (exact) mass is 323 g/mol. The van der Waals surface area contributed by atoms with Crippen molar-refractivity contribution in [1.29, 1.82) is 0 Å². The molecule has 23 heavy (non-hydrogen) atoms. The average molecular weight is 324 g/mol. The first-order valence-electron chi connectivity index (χ1n) is 9.36. The number of rotatable bonds is 14. The van der Waals surface area contributed by atoms with E-state index in [0.717, 1.165) is 12.8 Å². The van der Waals surface area contributed by atoms with Gasteiger partial charge in [-0.25, -0.2) is 9.55 Å². The van der Waals surface area contributed by atoms with Crippen molar-refractivity contribution in [3.63, 3.8) is 0 Å². The Morgan fingerprint density at radius 1 is 0.957 bits per heavy atom. The van der Waals surface area contributed by atoms with Gasteiger partial charge in [-0.2, -0.15) is 0 Å². The van der Waals surface area contributed by atoms with Crippen LogP contribution >= 0.6 is 0 Å². The fourth-order valence-electron chi connectivity index (χ4n) is 3.01. The molecule has 0 aliphatic rings. The Bertz CT molecular complexity index is 441. The molecule has 0 unspecified atom stereocenters. The number of carboxylic acid groups (broad SMARTS) is 1. The Morgan fingerprint density at radius 3 is 1.87 bits per heavy atom. The molecule has 0 atom stereocenters. The van der Waals surface area contributed by atoms with Gasteiger partial charge in [-0.15, -0.1) is 0 Å². The summed E-state index contributed by atoms with van der Waals surface area (Å²) in [7, 11) is 2.13. The number of unbranched alkanes of at least 4 members (excludes halogenated alkanes) is 10. The van der Waals surface area contributed by atoms with Crippen LogP contribution < -0.4 is 4.57 Å². The molecule has 4 heteroatoms. The van der Waals surface area contributed by atoms with Gasteiger partial charge in [0.2, 0.25) is 0 Å². The summed E-state index contributed by atoms with van der Waals surface area (Å²) in [6, 6.07) is 0. The standard InChI is InChI=1S/C19H34N2O2/c1-17-20-16-18(21(17)2)14-12-10-8-6-4-3-5-7-9-11-13-15-19(22)23/h16H,3-15H2,1-2H3,(H,22,23)/p+1. The van der Waals surface area contributed by atoms with Gasteiger partial charge in [-0.05, 0) is 12.8 Å². The second-order valence-electron chi connectivity index (χ2n) is 6.71. The van der Waals surface area contributed by atoms with Gasteiger partial charge in [0.15, 0.2) is 0 Å². The van der Waals surface area contributed by atoms with E-state index in [0.29, 0.717) is 6.42 Å². The number of aromatic nitrogens is 2. The zero-order valence-electron chi connectivity index (χ0n) is 15.1. The van der Waals surface area contributed by atoms with Crippen LogP contribution in [0.2, 0.25) is 0 Å². The maximum atomic E-state index is 10.4. The number of hydrogen-bond donors (Lipinski definition) is 2. The van der Waals surface area contributed by atoms with Crippen molar-refractivity contribution in [3.05, 3.63) is 17.7 Å². The number of aliphatic carboxylic acids is 1. The van der Waals surface area contributed by atoms with Gasteiger partial charge in [-0.1, -0.05) is 57.8 Å². The van der Waals surface area contributed by atoms with Crippen molar-refractivity contribution in [2.24, 2.45) is 7.05 Å². The van der Waals surface area contributed by atoms with Crippen molar-refractivity contribution in [2.75, 3.05) is 0 Å². The van der Waals surface area contributed by atoms with Gasteiger partial charge in [0.1, 0.15) is 11.9 Å². The summed E-state index contributed by atoms with van der Waals surface area (Å²) in [4.78, 5) is 13.6. The predicted octanol–water partition coefficient (Wildman–Crippen LogP) is 4.46. The van der Waals surface area contributed by atoms with E-state index in [1.165, 1.54) is 75.7 Å². The molecule has 1 heterocycles. The van der Waals surface area contributed by atoms with Gasteiger partial charge in [-0.3, -0.25) is 4.79 Å². The van der Waals surface area contributed by atoms with Crippen LogP contribution in [0.1, 0.15) is 88.6 Å². The number of imidazole rings is 1. The van der Waals surface area contributed by atoms with Gasteiger partial charge >= 0.3 is 5.97 Å². The van der Waals surface area contributed by atoms with E-state index < -0.39 is 5.97 Å². The van der Waals surface area contributed by atoms with Crippen molar-refractivity contribution < 1.29 is 14.5 Å². The summed E-state index contributed by atoms with van der Waals surface area (Å²) in [5.74, 6) is 0.563. The van der Waals surface area contributed by atoms with E-state index >= 15 is 0 Å². The first-order valence-corrected chi connectivity index (χ1v) is 9.36. The minimum atomic E-state index is -0.662. The molecule has 0 aromatic carbocycles. The van der Waals surface area contributed by atoms with E-state index in [2.05, 4.69) is 29.7 Å². The van der Waals surface area contributed by atoms with Crippen LogP contribution in [-0.4, -0.2) is 16.1 Å². The number of aromatic amines is 1. The molecule has 132 valence electrons. The summed E-state index contributed by atoms with van der Waals surface area (Å²) >= 11 is 0. The third kappa shape index (κ3) is 9.42. The summed E-state index contributed by atoms with van der Waals surface area (Å²) < 4.78 is 2.25. The molecule has 0 fully saturated rings. The van der Waals surface area contributed by atoms with Crippen LogP contribution in [0.25, 0.3) is 0 Å². The topological polar surface area (TPSA) is 57.0 Å².